The standard InChI is InChI=1S/C23H22N6OS/c1-15-7-9-16(10-8-15)19-13-20(29(28-19)18-5-3-2-4-6-18)24-21(30)14-31-23-25-22(26-27-23)17-11-12-17/h2-10,13,17H,11-12,14H2,1H3,(H,24,30)(H,25,26,27). The van der Waals surface area contributed by atoms with Gasteiger partial charge in [-0.25, -0.2) is 9.67 Å². The molecule has 0 aliphatic heterocycles. The molecule has 0 atom stereocenters. The van der Waals surface area contributed by atoms with Crippen LogP contribution < -0.4 is 5.32 Å². The van der Waals surface area contributed by atoms with E-state index in [1.54, 1.807) is 4.68 Å². The molecule has 1 aliphatic carbocycles. The number of hydrogen-bond donors (Lipinski definition) is 2. The van der Waals surface area contributed by atoms with Crippen molar-refractivity contribution in [3.8, 4) is 16.9 Å². The van der Waals surface area contributed by atoms with Gasteiger partial charge >= 0.3 is 0 Å². The van der Waals surface area contributed by atoms with Crippen LogP contribution in [-0.4, -0.2) is 36.6 Å². The van der Waals surface area contributed by atoms with E-state index in [9.17, 15) is 4.79 Å². The minimum absolute atomic E-state index is 0.129. The fourth-order valence-electron chi connectivity index (χ4n) is 3.27. The first kappa shape index (κ1) is 19.6. The predicted molar refractivity (Wildman–Crippen MR) is 121 cm³/mol. The lowest BCUT2D eigenvalue weighted by Gasteiger charge is -2.08. The highest BCUT2D eigenvalue weighted by Gasteiger charge is 2.27. The molecule has 0 unspecified atom stereocenters. The van der Waals surface area contributed by atoms with Gasteiger partial charge < -0.3 is 5.32 Å². The number of rotatable bonds is 7. The van der Waals surface area contributed by atoms with E-state index in [-0.39, 0.29) is 11.7 Å². The van der Waals surface area contributed by atoms with Crippen LogP contribution in [0.1, 0.15) is 30.1 Å². The summed E-state index contributed by atoms with van der Waals surface area (Å²) in [5, 5.41) is 15.5. The molecular formula is C23H22N6OS. The third-order valence-electron chi connectivity index (χ3n) is 5.10. The van der Waals surface area contributed by atoms with Gasteiger partial charge in [0, 0.05) is 17.5 Å². The molecular weight excluding hydrogens is 408 g/mol. The van der Waals surface area contributed by atoms with E-state index < -0.39 is 0 Å². The molecule has 0 saturated heterocycles. The van der Waals surface area contributed by atoms with Crippen molar-refractivity contribution < 1.29 is 4.79 Å². The van der Waals surface area contributed by atoms with Gasteiger partial charge in [0.05, 0.1) is 17.1 Å². The smallest absolute Gasteiger partial charge is 0.236 e. The first-order chi connectivity index (χ1) is 15.2. The summed E-state index contributed by atoms with van der Waals surface area (Å²) in [6.07, 6.45) is 2.32. The summed E-state index contributed by atoms with van der Waals surface area (Å²) in [6, 6.07) is 19.9. The Hall–Kier alpha value is -3.39. The molecule has 2 aromatic heterocycles. The lowest BCUT2D eigenvalue weighted by atomic mass is 10.1. The van der Waals surface area contributed by atoms with Crippen molar-refractivity contribution in [3.05, 3.63) is 72.1 Å². The molecule has 2 aromatic carbocycles. The fourth-order valence-corrected chi connectivity index (χ4v) is 3.88. The third kappa shape index (κ3) is 4.54. The summed E-state index contributed by atoms with van der Waals surface area (Å²) in [7, 11) is 0. The monoisotopic (exact) mass is 430 g/mol. The number of hydrogen-bond acceptors (Lipinski definition) is 5. The zero-order valence-corrected chi connectivity index (χ0v) is 17.9. The lowest BCUT2D eigenvalue weighted by Crippen LogP contribution is -2.17. The van der Waals surface area contributed by atoms with Crippen LogP contribution in [0.2, 0.25) is 0 Å². The van der Waals surface area contributed by atoms with Crippen molar-refractivity contribution in [1.29, 1.82) is 0 Å². The minimum atomic E-state index is -0.129. The van der Waals surface area contributed by atoms with Crippen LogP contribution in [-0.2, 0) is 4.79 Å². The fraction of sp³-hybridized carbons (Fsp3) is 0.217. The van der Waals surface area contributed by atoms with Crippen LogP contribution in [0, 0.1) is 6.92 Å². The Labute approximate surface area is 184 Å². The first-order valence-corrected chi connectivity index (χ1v) is 11.2. The van der Waals surface area contributed by atoms with Crippen molar-refractivity contribution in [2.24, 2.45) is 0 Å². The van der Waals surface area contributed by atoms with Crippen LogP contribution in [0.4, 0.5) is 5.82 Å². The minimum Gasteiger partial charge on any atom is -0.310 e. The Balaban J connectivity index is 1.34. The van der Waals surface area contributed by atoms with Crippen molar-refractivity contribution in [3.63, 3.8) is 0 Å². The van der Waals surface area contributed by atoms with Crippen molar-refractivity contribution in [2.75, 3.05) is 11.1 Å². The average molecular weight is 431 g/mol. The first-order valence-electron chi connectivity index (χ1n) is 10.2. The van der Waals surface area contributed by atoms with Gasteiger partial charge in [-0.15, -0.1) is 5.10 Å². The van der Waals surface area contributed by atoms with Gasteiger partial charge in [0.2, 0.25) is 11.1 Å². The lowest BCUT2D eigenvalue weighted by molar-refractivity contribution is -0.113. The highest BCUT2D eigenvalue weighted by atomic mass is 32.2. The second kappa shape index (κ2) is 8.39. The Morgan fingerprint density at radius 2 is 1.94 bits per heavy atom. The summed E-state index contributed by atoms with van der Waals surface area (Å²) in [5.74, 6) is 2.15. The number of aryl methyl sites for hydroxylation is 1. The maximum Gasteiger partial charge on any atom is 0.236 e. The van der Waals surface area contributed by atoms with E-state index in [0.29, 0.717) is 16.9 Å². The summed E-state index contributed by atoms with van der Waals surface area (Å²) in [6.45, 7) is 2.05. The Kier molecular flexibility index (Phi) is 5.30. The average Bonchev–Trinajstić information content (AvgIpc) is 3.38. The molecule has 5 rings (SSSR count). The van der Waals surface area contributed by atoms with E-state index >= 15 is 0 Å². The van der Waals surface area contributed by atoms with E-state index in [1.807, 2.05) is 48.5 Å². The number of anilines is 1. The maximum atomic E-state index is 12.7. The van der Waals surface area contributed by atoms with Gasteiger partial charge in [0.15, 0.2) is 0 Å². The second-order valence-electron chi connectivity index (χ2n) is 7.64. The number of carbonyl (C=O) groups excluding carboxylic acids is 1. The van der Waals surface area contributed by atoms with E-state index in [4.69, 9.17) is 5.10 Å². The topological polar surface area (TPSA) is 88.5 Å². The van der Waals surface area contributed by atoms with Crippen LogP contribution in [0.15, 0.2) is 65.8 Å². The Bertz CT molecular complexity index is 1190. The molecule has 1 aliphatic rings. The summed E-state index contributed by atoms with van der Waals surface area (Å²) in [4.78, 5) is 17.1. The number of aromatic amines is 1. The molecule has 1 saturated carbocycles. The molecule has 8 heteroatoms. The van der Waals surface area contributed by atoms with Crippen LogP contribution in [0.25, 0.3) is 16.9 Å². The molecule has 31 heavy (non-hydrogen) atoms. The van der Waals surface area contributed by atoms with Crippen LogP contribution >= 0.6 is 11.8 Å². The number of aromatic nitrogens is 5. The molecule has 156 valence electrons. The molecule has 1 fully saturated rings. The number of carbonyl (C=O) groups is 1. The van der Waals surface area contributed by atoms with Crippen molar-refractivity contribution >= 4 is 23.5 Å². The zero-order chi connectivity index (χ0) is 21.2. The quantitative estimate of drug-likeness (QED) is 0.419. The SMILES string of the molecule is Cc1ccc(-c2cc(NC(=O)CSc3n[nH]c(C4CC4)n3)n(-c3ccccc3)n2)cc1. The Morgan fingerprint density at radius 1 is 1.16 bits per heavy atom. The molecule has 7 nitrogen and oxygen atoms in total. The normalized spacial score (nSPS) is 13.3. The van der Waals surface area contributed by atoms with Crippen molar-refractivity contribution in [1.82, 2.24) is 25.0 Å². The van der Waals surface area contributed by atoms with Gasteiger partial charge in [-0.05, 0) is 31.9 Å². The van der Waals surface area contributed by atoms with Gasteiger partial charge in [-0.1, -0.05) is 59.8 Å². The second-order valence-corrected chi connectivity index (χ2v) is 8.59. The van der Waals surface area contributed by atoms with Gasteiger partial charge in [0.1, 0.15) is 11.6 Å². The molecule has 2 heterocycles. The maximum absolute atomic E-state index is 12.7. The van der Waals surface area contributed by atoms with E-state index in [0.717, 1.165) is 35.6 Å². The number of para-hydroxylation sites is 1. The Morgan fingerprint density at radius 3 is 2.68 bits per heavy atom. The van der Waals surface area contributed by atoms with Gasteiger partial charge in [-0.3, -0.25) is 9.89 Å². The van der Waals surface area contributed by atoms with E-state index in [2.05, 4.69) is 39.6 Å². The largest absolute Gasteiger partial charge is 0.310 e. The predicted octanol–water partition coefficient (Wildman–Crippen LogP) is 4.57. The summed E-state index contributed by atoms with van der Waals surface area (Å²) in [5.41, 5.74) is 3.87. The van der Waals surface area contributed by atoms with Gasteiger partial charge in [-0.2, -0.15) is 5.10 Å². The number of thioether (sulfide) groups is 1. The molecule has 0 radical (unpaired) electrons. The number of benzene rings is 2. The number of H-pyrrole nitrogens is 1. The number of nitrogens with one attached hydrogen (secondary N) is 2. The summed E-state index contributed by atoms with van der Waals surface area (Å²) >= 11 is 1.33. The highest BCUT2D eigenvalue weighted by molar-refractivity contribution is 7.99. The summed E-state index contributed by atoms with van der Waals surface area (Å²) < 4.78 is 1.76. The molecule has 2 N–H and O–H groups in total. The molecule has 1 amide bonds. The molecule has 4 aromatic rings. The van der Waals surface area contributed by atoms with Crippen molar-refractivity contribution in [2.45, 2.75) is 30.8 Å². The number of nitrogens with zero attached hydrogens (tertiary/aromatic N) is 4. The van der Waals surface area contributed by atoms with E-state index in [1.165, 1.54) is 17.3 Å². The zero-order valence-electron chi connectivity index (χ0n) is 17.1. The molecule has 0 bridgehead atoms. The molecule has 0 spiro atoms. The van der Waals surface area contributed by atoms with Crippen LogP contribution in [0.3, 0.4) is 0 Å². The third-order valence-corrected chi connectivity index (χ3v) is 5.95. The number of amides is 1. The highest BCUT2D eigenvalue weighted by Crippen LogP contribution is 2.38. The van der Waals surface area contributed by atoms with Crippen LogP contribution in [0.5, 0.6) is 0 Å². The van der Waals surface area contributed by atoms with Gasteiger partial charge in [0.25, 0.3) is 0 Å².